The van der Waals surface area contributed by atoms with Crippen LogP contribution in [0.15, 0.2) is 17.2 Å². The molecule has 1 fully saturated rings. The van der Waals surface area contributed by atoms with E-state index in [0.717, 1.165) is 0 Å². The topological polar surface area (TPSA) is 188 Å². The van der Waals surface area contributed by atoms with E-state index >= 15 is 0 Å². The van der Waals surface area contributed by atoms with Gasteiger partial charge in [-0.15, -0.1) is 0 Å². The molecule has 0 amide bonds. The van der Waals surface area contributed by atoms with E-state index in [0.29, 0.717) is 24.8 Å². The SMILES string of the molecule is O=C1C=C(c2nc3c(ncn3[C@@H]3C[C@H](COP(=O)(O)O)[C@@H](O)[C@H]3O)c(=O)[nH]2)CCC1. The highest BCUT2D eigenvalue weighted by atomic mass is 31.2. The molecule has 4 atom stereocenters. The fourth-order valence-corrected chi connectivity index (χ4v) is 4.42. The molecule has 13 heteroatoms. The molecule has 0 saturated heterocycles. The molecule has 2 heterocycles. The first-order chi connectivity index (χ1) is 14.1. The van der Waals surface area contributed by atoms with Crippen LogP contribution >= 0.6 is 7.82 Å². The number of aliphatic hydroxyl groups is 2. The van der Waals surface area contributed by atoms with Gasteiger partial charge in [-0.05, 0) is 30.9 Å². The number of hydrogen-bond acceptors (Lipinski definition) is 8. The fourth-order valence-electron chi connectivity index (χ4n) is 4.03. The van der Waals surface area contributed by atoms with E-state index in [9.17, 15) is 24.4 Å². The number of nitrogens with zero attached hydrogens (tertiary/aromatic N) is 3. The summed E-state index contributed by atoms with van der Waals surface area (Å²) in [6.45, 7) is -0.445. The molecule has 4 rings (SSSR count). The molecule has 1 saturated carbocycles. The normalized spacial score (nSPS) is 27.6. The maximum atomic E-state index is 12.5. The van der Waals surface area contributed by atoms with Crippen molar-refractivity contribution in [2.75, 3.05) is 6.61 Å². The Kier molecular flexibility index (Phi) is 5.47. The minimum atomic E-state index is -4.72. The molecular weight excluding hydrogens is 419 g/mol. The lowest BCUT2D eigenvalue weighted by molar-refractivity contribution is -0.114. The number of fused-ring (bicyclic) bond motifs is 1. The zero-order valence-corrected chi connectivity index (χ0v) is 16.6. The van der Waals surface area contributed by atoms with Crippen molar-refractivity contribution in [2.24, 2.45) is 5.92 Å². The number of aliphatic hydroxyl groups excluding tert-OH is 2. The summed E-state index contributed by atoms with van der Waals surface area (Å²) >= 11 is 0. The van der Waals surface area contributed by atoms with Gasteiger partial charge in [-0.25, -0.2) is 14.5 Å². The zero-order valence-electron chi connectivity index (χ0n) is 15.7. The van der Waals surface area contributed by atoms with Gasteiger partial charge in [0.05, 0.1) is 25.1 Å². The van der Waals surface area contributed by atoms with Crippen LogP contribution in [0.4, 0.5) is 0 Å². The van der Waals surface area contributed by atoms with E-state index in [2.05, 4.69) is 19.5 Å². The summed E-state index contributed by atoms with van der Waals surface area (Å²) in [5.74, 6) is -0.540. The molecule has 162 valence electrons. The van der Waals surface area contributed by atoms with Crippen LogP contribution in [0.5, 0.6) is 0 Å². The third-order valence-electron chi connectivity index (χ3n) is 5.53. The maximum absolute atomic E-state index is 12.5. The number of aromatic nitrogens is 4. The van der Waals surface area contributed by atoms with Gasteiger partial charge in [0, 0.05) is 12.3 Å². The molecule has 0 radical (unpaired) electrons. The van der Waals surface area contributed by atoms with Crippen LogP contribution in [-0.4, -0.2) is 64.1 Å². The Morgan fingerprint density at radius 1 is 1.23 bits per heavy atom. The number of nitrogens with one attached hydrogen (secondary N) is 1. The molecule has 0 aromatic carbocycles. The number of ketones is 1. The van der Waals surface area contributed by atoms with Gasteiger partial charge in [0.1, 0.15) is 11.9 Å². The second-order valence-corrected chi connectivity index (χ2v) is 8.80. The number of phosphoric acid groups is 1. The van der Waals surface area contributed by atoms with E-state index in [1.807, 2.05) is 0 Å². The first-order valence-electron chi connectivity index (χ1n) is 9.41. The second kappa shape index (κ2) is 7.80. The van der Waals surface area contributed by atoms with Crippen LogP contribution in [0.25, 0.3) is 16.7 Å². The molecule has 0 aliphatic heterocycles. The second-order valence-electron chi connectivity index (χ2n) is 7.56. The van der Waals surface area contributed by atoms with E-state index in [1.54, 1.807) is 0 Å². The number of rotatable bonds is 5. The van der Waals surface area contributed by atoms with Crippen LogP contribution in [0.1, 0.15) is 37.5 Å². The largest absolute Gasteiger partial charge is 0.469 e. The Morgan fingerprint density at radius 2 is 2.00 bits per heavy atom. The molecule has 12 nitrogen and oxygen atoms in total. The lowest BCUT2D eigenvalue weighted by atomic mass is 9.98. The van der Waals surface area contributed by atoms with Gasteiger partial charge in [0.15, 0.2) is 16.9 Å². The number of aromatic amines is 1. The Labute approximate surface area is 169 Å². The van der Waals surface area contributed by atoms with Crippen molar-refractivity contribution in [1.29, 1.82) is 0 Å². The average Bonchev–Trinajstić information content (AvgIpc) is 3.22. The molecule has 2 aromatic heterocycles. The van der Waals surface area contributed by atoms with Crippen molar-refractivity contribution >= 4 is 30.3 Å². The average molecular weight is 440 g/mol. The standard InChI is InChI=1S/C17H21N4O8P/c22-10-3-1-2-8(4-10)15-19-16-12(17(25)20-15)18-7-21(16)11-5-9(13(23)14(11)24)6-29-30(26,27)28/h4,7,9,11,13-14,23-24H,1-3,5-6H2,(H,19,20,25)(H2,26,27,28)/t9-,11-,13-,14+/m1/s1. The van der Waals surface area contributed by atoms with Crippen LogP contribution in [0, 0.1) is 5.92 Å². The van der Waals surface area contributed by atoms with Crippen LogP contribution in [-0.2, 0) is 13.9 Å². The van der Waals surface area contributed by atoms with Gasteiger partial charge in [0.25, 0.3) is 5.56 Å². The maximum Gasteiger partial charge on any atom is 0.469 e. The Balaban J connectivity index is 1.68. The van der Waals surface area contributed by atoms with Gasteiger partial charge in [-0.2, -0.15) is 0 Å². The summed E-state index contributed by atoms with van der Waals surface area (Å²) in [7, 11) is -4.72. The number of hydrogen-bond donors (Lipinski definition) is 5. The Hall–Kier alpha value is -2.21. The van der Waals surface area contributed by atoms with Crippen molar-refractivity contribution in [3.05, 3.63) is 28.6 Å². The molecule has 2 aliphatic rings. The molecule has 30 heavy (non-hydrogen) atoms. The highest BCUT2D eigenvalue weighted by Crippen LogP contribution is 2.41. The van der Waals surface area contributed by atoms with E-state index in [1.165, 1.54) is 17.0 Å². The van der Waals surface area contributed by atoms with Crippen molar-refractivity contribution in [3.63, 3.8) is 0 Å². The van der Waals surface area contributed by atoms with Crippen LogP contribution in [0.3, 0.4) is 0 Å². The molecule has 0 spiro atoms. The minimum absolute atomic E-state index is 0.0399. The zero-order chi connectivity index (χ0) is 21.6. The van der Waals surface area contributed by atoms with Crippen molar-refractivity contribution in [3.8, 4) is 0 Å². The molecule has 5 N–H and O–H groups in total. The number of H-pyrrole nitrogens is 1. The highest BCUT2D eigenvalue weighted by Gasteiger charge is 2.44. The molecular formula is C17H21N4O8P. The summed E-state index contributed by atoms with van der Waals surface area (Å²) in [5, 5.41) is 20.8. The first kappa shape index (κ1) is 21.0. The third-order valence-corrected chi connectivity index (χ3v) is 6.01. The third kappa shape index (κ3) is 4.02. The molecule has 2 aromatic rings. The van der Waals surface area contributed by atoms with Crippen LogP contribution in [0.2, 0.25) is 0 Å². The molecule has 0 bridgehead atoms. The summed E-state index contributed by atoms with van der Waals surface area (Å²) in [6, 6.07) is -0.737. The number of allylic oxidation sites excluding steroid dienone is 2. The predicted octanol–water partition coefficient (Wildman–Crippen LogP) is -0.352. The first-order valence-corrected chi connectivity index (χ1v) is 10.9. The van der Waals surface area contributed by atoms with Gasteiger partial charge >= 0.3 is 7.82 Å². The summed E-state index contributed by atoms with van der Waals surface area (Å²) < 4.78 is 16.9. The molecule has 0 unspecified atom stereocenters. The van der Waals surface area contributed by atoms with E-state index in [-0.39, 0.29) is 29.2 Å². The van der Waals surface area contributed by atoms with E-state index < -0.39 is 44.2 Å². The Morgan fingerprint density at radius 3 is 2.70 bits per heavy atom. The monoisotopic (exact) mass is 440 g/mol. The van der Waals surface area contributed by atoms with Gasteiger partial charge in [-0.3, -0.25) is 14.1 Å². The quantitative estimate of drug-likeness (QED) is 0.384. The fraction of sp³-hybridized carbons (Fsp3) is 0.529. The lowest BCUT2D eigenvalue weighted by Gasteiger charge is -2.18. The number of imidazole rings is 1. The van der Waals surface area contributed by atoms with Gasteiger partial charge in [0.2, 0.25) is 0 Å². The van der Waals surface area contributed by atoms with Crippen molar-refractivity contribution in [2.45, 2.75) is 43.9 Å². The van der Waals surface area contributed by atoms with Crippen molar-refractivity contribution in [1.82, 2.24) is 19.5 Å². The van der Waals surface area contributed by atoms with Gasteiger partial charge < -0.3 is 29.6 Å². The summed E-state index contributed by atoms with van der Waals surface area (Å²) in [4.78, 5) is 53.1. The lowest BCUT2D eigenvalue weighted by Crippen LogP contribution is -2.30. The summed E-state index contributed by atoms with van der Waals surface area (Å²) in [6.07, 6.45) is 2.01. The molecule has 2 aliphatic carbocycles. The van der Waals surface area contributed by atoms with Crippen LogP contribution < -0.4 is 5.56 Å². The van der Waals surface area contributed by atoms with E-state index in [4.69, 9.17) is 9.79 Å². The number of phosphoric ester groups is 1. The smallest absolute Gasteiger partial charge is 0.390 e. The Bertz CT molecular complexity index is 1120. The predicted molar refractivity (Wildman–Crippen MR) is 102 cm³/mol. The number of carbonyl (C=O) groups is 1. The van der Waals surface area contributed by atoms with Crippen molar-refractivity contribution < 1.29 is 33.9 Å². The highest BCUT2D eigenvalue weighted by molar-refractivity contribution is 7.46. The van der Waals surface area contributed by atoms with Gasteiger partial charge in [-0.1, -0.05) is 0 Å². The summed E-state index contributed by atoms with van der Waals surface area (Å²) in [5.41, 5.74) is 0.332. The minimum Gasteiger partial charge on any atom is -0.390 e. The number of carbonyl (C=O) groups excluding carboxylic acids is 1.